The van der Waals surface area contributed by atoms with Crippen LogP contribution >= 0.6 is 0 Å². The summed E-state index contributed by atoms with van der Waals surface area (Å²) in [5.74, 6) is 1.47. The molecule has 0 saturated heterocycles. The molecule has 1 aliphatic carbocycles. The molecule has 0 N–H and O–H groups in total. The molecule has 8 heavy (non-hydrogen) atoms. The molecule has 0 bridgehead atoms. The first kappa shape index (κ1) is 5.80. The molecule has 0 aromatic rings. The van der Waals surface area contributed by atoms with E-state index in [1.807, 2.05) is 6.92 Å². The highest BCUT2D eigenvalue weighted by molar-refractivity contribution is 5.91. The van der Waals surface area contributed by atoms with Gasteiger partial charge >= 0.3 is 0 Å². The molecule has 0 unspecified atom stereocenters. The normalized spacial score (nSPS) is 23.9. The highest BCUT2D eigenvalue weighted by Crippen LogP contribution is 2.20. The predicted octanol–water partition coefficient (Wildman–Crippen LogP) is 1.72. The van der Waals surface area contributed by atoms with Gasteiger partial charge in [0.15, 0.2) is 0 Å². The molecule has 45 valence electrons. The van der Waals surface area contributed by atoms with Crippen molar-refractivity contribution < 1.29 is 4.79 Å². The number of carbonyl (C=O) groups is 1. The summed E-state index contributed by atoms with van der Waals surface area (Å²) in [7, 11) is 0. The molecule has 1 heteroatoms. The third kappa shape index (κ3) is 1.09. The Balaban J connectivity index is 2.39. The summed E-state index contributed by atoms with van der Waals surface area (Å²) < 4.78 is 0. The maximum atomic E-state index is 10.8. The second kappa shape index (κ2) is 2.29. The second-order valence-electron chi connectivity index (χ2n) is 2.41. The van der Waals surface area contributed by atoms with Gasteiger partial charge in [-0.05, 0) is 12.8 Å². The van der Waals surface area contributed by atoms with Crippen molar-refractivity contribution >= 4 is 5.78 Å². The van der Waals surface area contributed by atoms with Crippen molar-refractivity contribution in [3.05, 3.63) is 5.92 Å². The number of carbonyl (C=O) groups excluding carboxylic acids is 1. The molecule has 1 rings (SSSR count). The second-order valence-corrected chi connectivity index (χ2v) is 2.41. The first-order valence-electron chi connectivity index (χ1n) is 3.16. The number of rotatable bonds is 0. The van der Waals surface area contributed by atoms with Crippen LogP contribution in [0.4, 0.5) is 0 Å². The van der Waals surface area contributed by atoms with Gasteiger partial charge in [0.2, 0.25) is 0 Å². The third-order valence-corrected chi connectivity index (χ3v) is 1.68. The van der Waals surface area contributed by atoms with E-state index in [0.717, 1.165) is 25.2 Å². The predicted molar refractivity (Wildman–Crippen MR) is 32.4 cm³/mol. The molecule has 0 aromatic heterocycles. The van der Waals surface area contributed by atoms with Crippen molar-refractivity contribution in [2.24, 2.45) is 0 Å². The third-order valence-electron chi connectivity index (χ3n) is 1.68. The van der Waals surface area contributed by atoms with E-state index in [0.29, 0.717) is 5.78 Å². The SMILES string of the molecule is C[C]1CCCCC1=O. The first-order valence-corrected chi connectivity index (χ1v) is 3.16. The van der Waals surface area contributed by atoms with Gasteiger partial charge in [-0.1, -0.05) is 13.3 Å². The summed E-state index contributed by atoms with van der Waals surface area (Å²) in [6.07, 6.45) is 4.17. The van der Waals surface area contributed by atoms with Gasteiger partial charge in [0.1, 0.15) is 5.78 Å². The van der Waals surface area contributed by atoms with Gasteiger partial charge in [0.25, 0.3) is 0 Å². The summed E-state index contributed by atoms with van der Waals surface area (Å²) in [6.45, 7) is 1.95. The Morgan fingerprint density at radius 3 is 2.25 bits per heavy atom. The molecule has 0 heterocycles. The lowest BCUT2D eigenvalue weighted by molar-refractivity contribution is -0.118. The topological polar surface area (TPSA) is 17.1 Å². The van der Waals surface area contributed by atoms with Gasteiger partial charge in [-0.2, -0.15) is 0 Å². The van der Waals surface area contributed by atoms with E-state index >= 15 is 0 Å². The minimum absolute atomic E-state index is 0.385. The van der Waals surface area contributed by atoms with Crippen molar-refractivity contribution in [2.45, 2.75) is 32.6 Å². The molecule has 1 aliphatic rings. The van der Waals surface area contributed by atoms with E-state index in [4.69, 9.17) is 0 Å². The Morgan fingerprint density at radius 1 is 1.25 bits per heavy atom. The quantitative estimate of drug-likeness (QED) is 0.465. The molecule has 1 fully saturated rings. The van der Waals surface area contributed by atoms with Crippen LogP contribution in [0.25, 0.3) is 0 Å². The highest BCUT2D eigenvalue weighted by Gasteiger charge is 2.16. The van der Waals surface area contributed by atoms with E-state index < -0.39 is 0 Å². The maximum Gasteiger partial charge on any atom is 0.139 e. The Kier molecular flexibility index (Phi) is 1.66. The fourth-order valence-electron chi connectivity index (χ4n) is 1.03. The zero-order valence-electron chi connectivity index (χ0n) is 5.24. The summed E-state index contributed by atoms with van der Waals surface area (Å²) in [5, 5.41) is 0. The van der Waals surface area contributed by atoms with Gasteiger partial charge in [-0.15, -0.1) is 0 Å². The molecule has 1 radical (unpaired) electrons. The summed E-state index contributed by atoms with van der Waals surface area (Å²) in [6, 6.07) is 0. The van der Waals surface area contributed by atoms with E-state index in [-0.39, 0.29) is 0 Å². The number of hydrogen-bond acceptors (Lipinski definition) is 1. The van der Waals surface area contributed by atoms with Crippen LogP contribution in [0.5, 0.6) is 0 Å². The molecular weight excluding hydrogens is 100 g/mol. The minimum atomic E-state index is 0.385. The zero-order valence-corrected chi connectivity index (χ0v) is 5.24. The smallest absolute Gasteiger partial charge is 0.139 e. The molecular formula is C7H11O. The first-order chi connectivity index (χ1) is 3.80. The zero-order chi connectivity index (χ0) is 5.98. The fraction of sp³-hybridized carbons (Fsp3) is 0.714. The fourth-order valence-corrected chi connectivity index (χ4v) is 1.03. The van der Waals surface area contributed by atoms with Crippen LogP contribution < -0.4 is 0 Å². The van der Waals surface area contributed by atoms with Crippen molar-refractivity contribution in [2.75, 3.05) is 0 Å². The Bertz CT molecular complexity index is 96.6. The minimum Gasteiger partial charge on any atom is -0.299 e. The van der Waals surface area contributed by atoms with E-state index in [1.54, 1.807) is 0 Å². The molecule has 1 saturated carbocycles. The van der Waals surface area contributed by atoms with Crippen LogP contribution in [0.1, 0.15) is 32.6 Å². The largest absolute Gasteiger partial charge is 0.299 e. The lowest BCUT2D eigenvalue weighted by Crippen LogP contribution is -2.12. The molecule has 0 aliphatic heterocycles. The Hall–Kier alpha value is -0.330. The highest BCUT2D eigenvalue weighted by atomic mass is 16.1. The van der Waals surface area contributed by atoms with Gasteiger partial charge < -0.3 is 0 Å². The standard InChI is InChI=1S/C7H11O/c1-6-4-2-3-5-7(6)8/h2-5H2,1H3. The van der Waals surface area contributed by atoms with Crippen LogP contribution in [0.2, 0.25) is 0 Å². The van der Waals surface area contributed by atoms with Gasteiger partial charge in [0, 0.05) is 12.3 Å². The van der Waals surface area contributed by atoms with Crippen molar-refractivity contribution in [1.29, 1.82) is 0 Å². The molecule has 0 atom stereocenters. The average Bonchev–Trinajstić information content (AvgIpc) is 1.77. The summed E-state index contributed by atoms with van der Waals surface area (Å²) >= 11 is 0. The van der Waals surface area contributed by atoms with Crippen LogP contribution in [-0.2, 0) is 4.79 Å². The average molecular weight is 111 g/mol. The number of hydrogen-bond donors (Lipinski definition) is 0. The van der Waals surface area contributed by atoms with Gasteiger partial charge in [-0.3, -0.25) is 4.79 Å². The number of Topliss-reactive ketones (excluding diaryl/α,β-unsaturated/α-hetero) is 1. The molecule has 1 nitrogen and oxygen atoms in total. The van der Waals surface area contributed by atoms with Crippen LogP contribution in [0.3, 0.4) is 0 Å². The van der Waals surface area contributed by atoms with Crippen molar-refractivity contribution in [3.63, 3.8) is 0 Å². The van der Waals surface area contributed by atoms with E-state index in [2.05, 4.69) is 0 Å². The van der Waals surface area contributed by atoms with Crippen LogP contribution in [0, 0.1) is 5.92 Å². The molecule has 0 amide bonds. The van der Waals surface area contributed by atoms with E-state index in [9.17, 15) is 4.79 Å². The van der Waals surface area contributed by atoms with Crippen molar-refractivity contribution in [3.8, 4) is 0 Å². The molecule has 0 spiro atoms. The Morgan fingerprint density at radius 2 is 1.88 bits per heavy atom. The molecule has 0 aromatic carbocycles. The lowest BCUT2D eigenvalue weighted by Gasteiger charge is -2.13. The van der Waals surface area contributed by atoms with Crippen LogP contribution in [-0.4, -0.2) is 5.78 Å². The van der Waals surface area contributed by atoms with Crippen LogP contribution in [0.15, 0.2) is 0 Å². The Labute approximate surface area is 50.1 Å². The maximum absolute atomic E-state index is 10.8. The summed E-state index contributed by atoms with van der Waals surface area (Å²) in [5.41, 5.74) is 0. The lowest BCUT2D eigenvalue weighted by atomic mass is 9.90. The van der Waals surface area contributed by atoms with E-state index in [1.165, 1.54) is 6.42 Å². The number of ketones is 1. The monoisotopic (exact) mass is 111 g/mol. The van der Waals surface area contributed by atoms with Gasteiger partial charge in [0.05, 0.1) is 0 Å². The van der Waals surface area contributed by atoms with Crippen molar-refractivity contribution in [1.82, 2.24) is 0 Å². The summed E-state index contributed by atoms with van der Waals surface area (Å²) in [4.78, 5) is 10.8. The van der Waals surface area contributed by atoms with Gasteiger partial charge in [-0.25, -0.2) is 0 Å².